The molecule has 4 heteroatoms. The Morgan fingerprint density at radius 2 is 1.80 bits per heavy atom. The number of primary amides is 1. The molecule has 0 bridgehead atoms. The third kappa shape index (κ3) is 3.18. The highest BCUT2D eigenvalue weighted by molar-refractivity contribution is 6.04. The molecule has 2 rings (SSSR count). The van der Waals surface area contributed by atoms with E-state index in [1.165, 1.54) is 5.56 Å². The van der Waals surface area contributed by atoms with Gasteiger partial charge in [0, 0.05) is 6.54 Å². The molecule has 3 N–H and O–H groups in total. The molecule has 0 radical (unpaired) electrons. The topological polar surface area (TPSA) is 72.2 Å². The Morgan fingerprint density at radius 1 is 1.15 bits per heavy atom. The van der Waals surface area contributed by atoms with Gasteiger partial charge in [-0.05, 0) is 31.2 Å². The van der Waals surface area contributed by atoms with Gasteiger partial charge in [0.05, 0.1) is 0 Å². The van der Waals surface area contributed by atoms with E-state index < -0.39 is 11.3 Å². The normalized spacial score (nSPS) is 16.8. The second-order valence-electron chi connectivity index (χ2n) is 5.50. The van der Waals surface area contributed by atoms with Crippen LogP contribution >= 0.6 is 0 Å². The van der Waals surface area contributed by atoms with Crippen molar-refractivity contribution in [1.29, 1.82) is 0 Å². The van der Waals surface area contributed by atoms with Gasteiger partial charge in [-0.15, -0.1) is 0 Å². The molecule has 108 valence electrons. The first-order chi connectivity index (χ1) is 9.65. The lowest BCUT2D eigenvalue weighted by Crippen LogP contribution is -2.48. The van der Waals surface area contributed by atoms with E-state index in [-0.39, 0.29) is 5.91 Å². The SMILES string of the molecule is NC(=O)C1(C(=O)NCCCc2ccccc2)CCCC1. The minimum Gasteiger partial charge on any atom is -0.369 e. The van der Waals surface area contributed by atoms with Gasteiger partial charge in [0.25, 0.3) is 0 Å². The van der Waals surface area contributed by atoms with E-state index >= 15 is 0 Å². The smallest absolute Gasteiger partial charge is 0.235 e. The highest BCUT2D eigenvalue weighted by atomic mass is 16.2. The van der Waals surface area contributed by atoms with Crippen LogP contribution in [0.25, 0.3) is 0 Å². The molecular formula is C16H22N2O2. The zero-order valence-electron chi connectivity index (χ0n) is 11.7. The molecule has 0 spiro atoms. The first kappa shape index (κ1) is 14.6. The first-order valence-electron chi connectivity index (χ1n) is 7.27. The number of carbonyl (C=O) groups is 2. The summed E-state index contributed by atoms with van der Waals surface area (Å²) >= 11 is 0. The third-order valence-corrected chi connectivity index (χ3v) is 4.13. The monoisotopic (exact) mass is 274 g/mol. The van der Waals surface area contributed by atoms with Crippen LogP contribution in [-0.4, -0.2) is 18.4 Å². The molecule has 0 unspecified atom stereocenters. The predicted octanol–water partition coefficient (Wildman–Crippen LogP) is 1.78. The molecule has 4 nitrogen and oxygen atoms in total. The number of aryl methyl sites for hydroxylation is 1. The first-order valence-corrected chi connectivity index (χ1v) is 7.27. The summed E-state index contributed by atoms with van der Waals surface area (Å²) in [6.45, 7) is 0.586. The summed E-state index contributed by atoms with van der Waals surface area (Å²) in [5.41, 5.74) is 5.73. The highest BCUT2D eigenvalue weighted by Gasteiger charge is 2.46. The van der Waals surface area contributed by atoms with Gasteiger partial charge in [-0.25, -0.2) is 0 Å². The Labute approximate surface area is 119 Å². The molecule has 20 heavy (non-hydrogen) atoms. The van der Waals surface area contributed by atoms with Gasteiger partial charge >= 0.3 is 0 Å². The van der Waals surface area contributed by atoms with E-state index in [1.807, 2.05) is 18.2 Å². The fourth-order valence-corrected chi connectivity index (χ4v) is 2.87. The van der Waals surface area contributed by atoms with Crippen molar-refractivity contribution in [3.63, 3.8) is 0 Å². The fraction of sp³-hybridized carbons (Fsp3) is 0.500. The van der Waals surface area contributed by atoms with Crippen molar-refractivity contribution in [1.82, 2.24) is 5.32 Å². The van der Waals surface area contributed by atoms with Crippen LogP contribution in [0.15, 0.2) is 30.3 Å². The Kier molecular flexibility index (Phi) is 4.77. The van der Waals surface area contributed by atoms with Gasteiger partial charge in [-0.3, -0.25) is 9.59 Å². The van der Waals surface area contributed by atoms with Gasteiger partial charge in [-0.2, -0.15) is 0 Å². The molecular weight excluding hydrogens is 252 g/mol. The molecule has 2 amide bonds. The maximum absolute atomic E-state index is 12.2. The molecule has 1 aromatic rings. The largest absolute Gasteiger partial charge is 0.369 e. The molecule has 1 aromatic carbocycles. The molecule has 0 atom stereocenters. The van der Waals surface area contributed by atoms with Crippen molar-refractivity contribution in [2.24, 2.45) is 11.1 Å². The zero-order valence-corrected chi connectivity index (χ0v) is 11.7. The van der Waals surface area contributed by atoms with E-state index in [0.29, 0.717) is 19.4 Å². The summed E-state index contributed by atoms with van der Waals surface area (Å²) in [5.74, 6) is -0.661. The Balaban J connectivity index is 1.79. The Bertz CT molecular complexity index is 465. The van der Waals surface area contributed by atoms with Gasteiger partial charge in [-0.1, -0.05) is 43.2 Å². The number of carbonyl (C=O) groups excluding carboxylic acids is 2. The molecule has 0 heterocycles. The minimum absolute atomic E-state index is 0.185. The van der Waals surface area contributed by atoms with Gasteiger partial charge in [0.2, 0.25) is 11.8 Å². The number of nitrogens with two attached hydrogens (primary N) is 1. The third-order valence-electron chi connectivity index (χ3n) is 4.13. The molecule has 1 aliphatic carbocycles. The van der Waals surface area contributed by atoms with Crippen molar-refractivity contribution in [3.05, 3.63) is 35.9 Å². The number of benzene rings is 1. The van der Waals surface area contributed by atoms with E-state index in [9.17, 15) is 9.59 Å². The van der Waals surface area contributed by atoms with Crippen LogP contribution in [-0.2, 0) is 16.0 Å². The van der Waals surface area contributed by atoms with E-state index in [0.717, 1.165) is 25.7 Å². The van der Waals surface area contributed by atoms with Crippen molar-refractivity contribution in [3.8, 4) is 0 Å². The number of hydrogen-bond acceptors (Lipinski definition) is 2. The summed E-state index contributed by atoms with van der Waals surface area (Å²) < 4.78 is 0. The lowest BCUT2D eigenvalue weighted by atomic mass is 9.84. The van der Waals surface area contributed by atoms with Crippen LogP contribution in [0.5, 0.6) is 0 Å². The standard InChI is InChI=1S/C16H22N2O2/c17-14(19)16(10-4-5-11-16)15(20)18-12-6-9-13-7-2-1-3-8-13/h1-3,7-8H,4-6,9-12H2,(H2,17,19)(H,18,20). The second kappa shape index (κ2) is 6.55. The second-order valence-corrected chi connectivity index (χ2v) is 5.50. The van der Waals surface area contributed by atoms with Crippen LogP contribution in [0, 0.1) is 5.41 Å². The van der Waals surface area contributed by atoms with E-state index in [1.54, 1.807) is 0 Å². The lowest BCUT2D eigenvalue weighted by molar-refractivity contribution is -0.141. The van der Waals surface area contributed by atoms with Gasteiger partial charge in [0.1, 0.15) is 5.41 Å². The molecule has 1 fully saturated rings. The van der Waals surface area contributed by atoms with Gasteiger partial charge < -0.3 is 11.1 Å². The van der Waals surface area contributed by atoms with Crippen molar-refractivity contribution < 1.29 is 9.59 Å². The fourth-order valence-electron chi connectivity index (χ4n) is 2.87. The highest BCUT2D eigenvalue weighted by Crippen LogP contribution is 2.37. The van der Waals surface area contributed by atoms with Crippen molar-refractivity contribution in [2.45, 2.75) is 38.5 Å². The summed E-state index contributed by atoms with van der Waals surface area (Å²) in [4.78, 5) is 23.8. The summed E-state index contributed by atoms with van der Waals surface area (Å²) in [5, 5.41) is 2.88. The average Bonchev–Trinajstić information content (AvgIpc) is 2.95. The van der Waals surface area contributed by atoms with E-state index in [4.69, 9.17) is 5.73 Å². The molecule has 1 aliphatic rings. The van der Waals surface area contributed by atoms with Crippen molar-refractivity contribution in [2.75, 3.05) is 6.54 Å². The minimum atomic E-state index is -0.952. The predicted molar refractivity (Wildman–Crippen MR) is 77.9 cm³/mol. The van der Waals surface area contributed by atoms with E-state index in [2.05, 4.69) is 17.4 Å². The molecule has 0 saturated heterocycles. The van der Waals surface area contributed by atoms with Crippen LogP contribution in [0.3, 0.4) is 0 Å². The summed E-state index contributed by atoms with van der Waals surface area (Å²) in [6.07, 6.45) is 4.77. The van der Waals surface area contributed by atoms with Gasteiger partial charge in [0.15, 0.2) is 0 Å². The number of nitrogens with one attached hydrogen (secondary N) is 1. The van der Waals surface area contributed by atoms with Crippen LogP contribution in [0.4, 0.5) is 0 Å². The van der Waals surface area contributed by atoms with Crippen molar-refractivity contribution >= 4 is 11.8 Å². The Morgan fingerprint density at radius 3 is 2.40 bits per heavy atom. The molecule has 0 aromatic heterocycles. The molecule has 0 aliphatic heterocycles. The number of rotatable bonds is 6. The van der Waals surface area contributed by atoms with Crippen LogP contribution in [0.2, 0.25) is 0 Å². The number of hydrogen-bond donors (Lipinski definition) is 2. The van der Waals surface area contributed by atoms with Crippen LogP contribution in [0.1, 0.15) is 37.7 Å². The van der Waals surface area contributed by atoms with Crippen LogP contribution < -0.4 is 11.1 Å². The summed E-state index contributed by atoms with van der Waals surface area (Å²) in [6, 6.07) is 10.2. The zero-order chi connectivity index (χ0) is 14.4. The maximum Gasteiger partial charge on any atom is 0.235 e. The Hall–Kier alpha value is -1.84. The average molecular weight is 274 g/mol. The molecule has 1 saturated carbocycles. The lowest BCUT2D eigenvalue weighted by Gasteiger charge is -2.23. The number of amides is 2. The quantitative estimate of drug-likeness (QED) is 0.613. The summed E-state index contributed by atoms with van der Waals surface area (Å²) in [7, 11) is 0. The maximum atomic E-state index is 12.2.